The van der Waals surface area contributed by atoms with Crippen molar-refractivity contribution in [2.24, 2.45) is 5.10 Å². The molecule has 0 aliphatic heterocycles. The number of rotatable bonds is 4. The van der Waals surface area contributed by atoms with E-state index in [0.29, 0.717) is 0 Å². The summed E-state index contributed by atoms with van der Waals surface area (Å²) >= 11 is 0. The summed E-state index contributed by atoms with van der Waals surface area (Å²) in [6.07, 6.45) is 1.28. The van der Waals surface area contributed by atoms with Gasteiger partial charge in [0.15, 0.2) is 0 Å². The lowest BCUT2D eigenvalue weighted by atomic mass is 10.2. The molecule has 0 heterocycles. The third-order valence-electron chi connectivity index (χ3n) is 2.74. The molecular weight excluding hydrogens is 258 g/mol. The zero-order valence-electron chi connectivity index (χ0n) is 10.7. The van der Waals surface area contributed by atoms with Crippen molar-refractivity contribution in [1.82, 2.24) is 0 Å². The number of benzene rings is 2. The number of hydrogen-bond acceptors (Lipinski definition) is 5. The van der Waals surface area contributed by atoms with Gasteiger partial charge in [0, 0.05) is 12.1 Å². The molecule has 0 saturated carbocycles. The first-order chi connectivity index (χ1) is 9.58. The maximum absolute atomic E-state index is 11.6. The van der Waals surface area contributed by atoms with Crippen LogP contribution in [0.3, 0.4) is 0 Å². The first kappa shape index (κ1) is 13.5. The summed E-state index contributed by atoms with van der Waals surface area (Å²) < 4.78 is 0. The van der Waals surface area contributed by atoms with Gasteiger partial charge in [-0.2, -0.15) is 5.10 Å². The van der Waals surface area contributed by atoms with Crippen LogP contribution in [0, 0.1) is 17.0 Å². The Hall–Kier alpha value is -2.89. The molecule has 2 aromatic rings. The molecule has 1 N–H and O–H groups in total. The summed E-state index contributed by atoms with van der Waals surface area (Å²) in [5.41, 5.74) is 4.64. The fraction of sp³-hybridized carbons (Fsp3) is 0.0714. The quantitative estimate of drug-likeness (QED) is 0.524. The Morgan fingerprint density at radius 2 is 2.00 bits per heavy atom. The van der Waals surface area contributed by atoms with Crippen molar-refractivity contribution in [3.63, 3.8) is 0 Å². The van der Waals surface area contributed by atoms with Gasteiger partial charge in [0.05, 0.1) is 16.8 Å². The molecule has 20 heavy (non-hydrogen) atoms. The highest BCUT2D eigenvalue weighted by molar-refractivity contribution is 5.84. The van der Waals surface area contributed by atoms with Gasteiger partial charge in [-0.15, -0.1) is 0 Å². The number of aryl methyl sites for hydroxylation is 1. The van der Waals surface area contributed by atoms with Crippen molar-refractivity contribution in [2.75, 3.05) is 5.43 Å². The molecule has 102 valence electrons. The molecule has 0 atom stereocenters. The molecule has 0 bridgehead atoms. The first-order valence-electron chi connectivity index (χ1n) is 5.88. The highest BCUT2D eigenvalue weighted by Gasteiger charge is 2.05. The van der Waals surface area contributed by atoms with Gasteiger partial charge in [-0.25, -0.2) is 0 Å². The van der Waals surface area contributed by atoms with Crippen LogP contribution in [-0.4, -0.2) is 11.1 Å². The zero-order valence-corrected chi connectivity index (χ0v) is 10.7. The second-order valence-electron chi connectivity index (χ2n) is 4.16. The van der Waals surface area contributed by atoms with Crippen LogP contribution in [-0.2, 0) is 0 Å². The summed E-state index contributed by atoms with van der Waals surface area (Å²) in [6.45, 7) is 1.92. The largest absolute Gasteiger partial charge is 0.872 e. The predicted octanol–water partition coefficient (Wildman–Crippen LogP) is 2.42. The minimum Gasteiger partial charge on any atom is -0.872 e. The molecule has 0 radical (unpaired) electrons. The molecule has 0 aromatic heterocycles. The number of hydrogen-bond donors (Lipinski definition) is 1. The molecule has 0 unspecified atom stereocenters. The topological polar surface area (TPSA) is 90.6 Å². The Morgan fingerprint density at radius 3 is 2.70 bits per heavy atom. The fourth-order valence-electron chi connectivity index (χ4n) is 1.62. The van der Waals surface area contributed by atoms with E-state index in [9.17, 15) is 15.2 Å². The number of nitrogens with one attached hydrogen (secondary N) is 1. The van der Waals surface area contributed by atoms with Gasteiger partial charge in [0.2, 0.25) is 0 Å². The third kappa shape index (κ3) is 3.11. The summed E-state index contributed by atoms with van der Waals surface area (Å²) in [4.78, 5) is 10.1. The van der Waals surface area contributed by atoms with Crippen molar-refractivity contribution < 1.29 is 10.0 Å². The normalized spacial score (nSPS) is 10.7. The average Bonchev–Trinajstić information content (AvgIpc) is 2.42. The number of nitrogens with zero attached hydrogens (tertiary/aromatic N) is 2. The van der Waals surface area contributed by atoms with Gasteiger partial charge in [0.1, 0.15) is 0 Å². The van der Waals surface area contributed by atoms with Crippen LogP contribution in [0.25, 0.3) is 0 Å². The highest BCUT2D eigenvalue weighted by Crippen LogP contribution is 2.19. The first-order valence-corrected chi connectivity index (χ1v) is 5.88. The number of nitro benzene ring substituents is 1. The summed E-state index contributed by atoms with van der Waals surface area (Å²) in [6, 6.07) is 11.1. The van der Waals surface area contributed by atoms with Crippen LogP contribution >= 0.6 is 0 Å². The number of nitro groups is 1. The summed E-state index contributed by atoms with van der Waals surface area (Å²) in [7, 11) is 0. The van der Waals surface area contributed by atoms with Crippen molar-refractivity contribution >= 4 is 17.6 Å². The predicted molar refractivity (Wildman–Crippen MR) is 74.9 cm³/mol. The lowest BCUT2D eigenvalue weighted by Gasteiger charge is -2.09. The number of hydrazone groups is 1. The van der Waals surface area contributed by atoms with Gasteiger partial charge in [-0.3, -0.25) is 15.5 Å². The van der Waals surface area contributed by atoms with Gasteiger partial charge >= 0.3 is 0 Å². The number of para-hydroxylation sites is 1. The van der Waals surface area contributed by atoms with Crippen LogP contribution in [0.5, 0.6) is 5.75 Å². The number of non-ortho nitro benzene ring substituents is 1. The van der Waals surface area contributed by atoms with Crippen molar-refractivity contribution in [3.8, 4) is 5.75 Å². The molecule has 6 heteroatoms. The Labute approximate surface area is 115 Å². The van der Waals surface area contributed by atoms with Crippen molar-refractivity contribution in [1.29, 1.82) is 0 Å². The van der Waals surface area contributed by atoms with Crippen molar-refractivity contribution in [2.45, 2.75) is 6.92 Å². The molecule has 0 aliphatic rings. The minimum atomic E-state index is -0.550. The lowest BCUT2D eigenvalue weighted by Crippen LogP contribution is -1.99. The standard InChI is InChI=1S/C14H13N3O3/c1-10-4-2-3-5-13(10)16-15-9-11-8-12(17(19)20)6-7-14(11)18/h2-9,16,18H,1H3/p-1/b15-9-. The minimum absolute atomic E-state index is 0.137. The van der Waals surface area contributed by atoms with Crippen LogP contribution < -0.4 is 10.5 Å². The summed E-state index contributed by atoms with van der Waals surface area (Å²) in [5, 5.41) is 26.1. The molecule has 2 aromatic carbocycles. The van der Waals surface area contributed by atoms with Gasteiger partial charge in [-0.1, -0.05) is 30.0 Å². The van der Waals surface area contributed by atoms with Gasteiger partial charge in [0.25, 0.3) is 5.69 Å². The van der Waals surface area contributed by atoms with E-state index in [-0.39, 0.29) is 17.0 Å². The monoisotopic (exact) mass is 270 g/mol. The van der Waals surface area contributed by atoms with Gasteiger partial charge in [-0.05, 0) is 24.1 Å². The van der Waals surface area contributed by atoms with Gasteiger partial charge < -0.3 is 5.11 Å². The molecule has 0 fully saturated rings. The SMILES string of the molecule is Cc1ccccc1N/N=C\c1cc([N+](=O)[O-])ccc1[O-]. The molecule has 0 aliphatic carbocycles. The Bertz CT molecular complexity index is 668. The third-order valence-corrected chi connectivity index (χ3v) is 2.74. The second kappa shape index (κ2) is 5.83. The number of anilines is 1. The fourth-order valence-corrected chi connectivity index (χ4v) is 1.62. The van der Waals surface area contributed by atoms with Crippen LogP contribution in [0.4, 0.5) is 11.4 Å². The Balaban J connectivity index is 2.17. The van der Waals surface area contributed by atoms with E-state index in [2.05, 4.69) is 10.5 Å². The van der Waals surface area contributed by atoms with E-state index in [0.717, 1.165) is 17.3 Å². The Kier molecular flexibility index (Phi) is 3.95. The van der Waals surface area contributed by atoms with Crippen LogP contribution in [0.15, 0.2) is 47.6 Å². The van der Waals surface area contributed by atoms with E-state index >= 15 is 0 Å². The molecule has 0 amide bonds. The van der Waals surface area contributed by atoms with Crippen LogP contribution in [0.1, 0.15) is 11.1 Å². The Morgan fingerprint density at radius 1 is 1.25 bits per heavy atom. The summed E-state index contributed by atoms with van der Waals surface area (Å²) in [5.74, 6) is -0.314. The maximum atomic E-state index is 11.6. The molecule has 0 spiro atoms. The highest BCUT2D eigenvalue weighted by atomic mass is 16.6. The smallest absolute Gasteiger partial charge is 0.270 e. The molecule has 2 rings (SSSR count). The maximum Gasteiger partial charge on any atom is 0.270 e. The van der Waals surface area contributed by atoms with Crippen LogP contribution in [0.2, 0.25) is 0 Å². The van der Waals surface area contributed by atoms with Crippen molar-refractivity contribution in [3.05, 3.63) is 63.7 Å². The molecule has 0 saturated heterocycles. The molecule has 6 nitrogen and oxygen atoms in total. The van der Waals surface area contributed by atoms with E-state index in [4.69, 9.17) is 0 Å². The average molecular weight is 270 g/mol. The molecular formula is C14H12N3O3-. The van der Waals surface area contributed by atoms with E-state index < -0.39 is 4.92 Å². The zero-order chi connectivity index (χ0) is 14.5. The van der Waals surface area contributed by atoms with E-state index in [1.165, 1.54) is 18.3 Å². The van der Waals surface area contributed by atoms with E-state index in [1.807, 2.05) is 31.2 Å². The van der Waals surface area contributed by atoms with E-state index in [1.54, 1.807) is 0 Å². The second-order valence-corrected chi connectivity index (χ2v) is 4.16. The lowest BCUT2D eigenvalue weighted by molar-refractivity contribution is -0.385.